The van der Waals surface area contributed by atoms with Gasteiger partial charge in [-0.05, 0) is 60.0 Å². The Morgan fingerprint density at radius 1 is 1.06 bits per heavy atom. The van der Waals surface area contributed by atoms with Gasteiger partial charge in [-0.25, -0.2) is 9.37 Å². The molecule has 1 aliphatic heterocycles. The number of rotatable bonds is 8. The molecule has 2 unspecified atom stereocenters. The summed E-state index contributed by atoms with van der Waals surface area (Å²) < 4.78 is 21.2. The number of imidazole rings is 1. The lowest BCUT2D eigenvalue weighted by atomic mass is 10.0. The number of hydrogen-bond acceptors (Lipinski definition) is 4. The van der Waals surface area contributed by atoms with Gasteiger partial charge in [-0.3, -0.25) is 4.79 Å². The van der Waals surface area contributed by atoms with Gasteiger partial charge in [-0.2, -0.15) is 0 Å². The van der Waals surface area contributed by atoms with E-state index in [0.29, 0.717) is 36.9 Å². The Hall–Kier alpha value is -3.71. The maximum atomic E-state index is 13.4. The highest BCUT2D eigenvalue weighted by Crippen LogP contribution is 2.33. The molecule has 4 aromatic rings. The number of aliphatic hydroxyl groups is 1. The number of para-hydroxylation sites is 2. The van der Waals surface area contributed by atoms with Gasteiger partial charge in [0, 0.05) is 24.6 Å². The van der Waals surface area contributed by atoms with Crippen molar-refractivity contribution in [1.29, 1.82) is 0 Å². The number of benzene rings is 3. The van der Waals surface area contributed by atoms with E-state index >= 15 is 0 Å². The van der Waals surface area contributed by atoms with E-state index in [-0.39, 0.29) is 24.2 Å². The predicted molar refractivity (Wildman–Crippen MR) is 138 cm³/mol. The predicted octanol–water partition coefficient (Wildman–Crippen LogP) is 5.26. The van der Waals surface area contributed by atoms with Crippen LogP contribution in [0.5, 0.6) is 5.75 Å². The molecule has 1 fully saturated rings. The molecule has 3 aromatic carbocycles. The quantitative estimate of drug-likeness (QED) is 0.368. The van der Waals surface area contributed by atoms with Crippen molar-refractivity contribution in [2.45, 2.75) is 44.8 Å². The standard InChI is InChI=1S/C29H30FN3O3/c1-19(2)20-7-13-25(14-8-20)36-18-24(34)17-33-27-6-4-3-5-26(27)31-29(33)21-15-28(35)32(16-21)23-11-9-22(30)10-12-23/h3-14,19,21,24,34H,15-18H2,1-2H3. The van der Waals surface area contributed by atoms with E-state index in [1.165, 1.54) is 17.7 Å². The Bertz CT molecular complexity index is 1350. The molecule has 5 rings (SSSR count). The summed E-state index contributed by atoms with van der Waals surface area (Å²) in [6, 6.07) is 21.7. The molecule has 0 saturated carbocycles. The van der Waals surface area contributed by atoms with Crippen molar-refractivity contribution >= 4 is 22.6 Å². The Kier molecular flexibility index (Phi) is 6.74. The summed E-state index contributed by atoms with van der Waals surface area (Å²) in [4.78, 5) is 19.4. The number of anilines is 1. The lowest BCUT2D eigenvalue weighted by molar-refractivity contribution is -0.117. The van der Waals surface area contributed by atoms with Crippen LogP contribution in [0.1, 0.15) is 43.5 Å². The fourth-order valence-electron chi connectivity index (χ4n) is 4.75. The highest BCUT2D eigenvalue weighted by atomic mass is 19.1. The smallest absolute Gasteiger partial charge is 0.227 e. The van der Waals surface area contributed by atoms with Crippen LogP contribution in [0.15, 0.2) is 72.8 Å². The number of carbonyl (C=O) groups is 1. The van der Waals surface area contributed by atoms with Crippen molar-refractivity contribution < 1.29 is 19.0 Å². The summed E-state index contributed by atoms with van der Waals surface area (Å²) in [7, 11) is 0. The van der Waals surface area contributed by atoms with Gasteiger partial charge in [-0.15, -0.1) is 0 Å². The molecule has 1 amide bonds. The number of aliphatic hydroxyl groups excluding tert-OH is 1. The molecule has 7 heteroatoms. The van der Waals surface area contributed by atoms with Gasteiger partial charge < -0.3 is 19.3 Å². The van der Waals surface area contributed by atoms with Crippen LogP contribution < -0.4 is 9.64 Å². The molecular weight excluding hydrogens is 457 g/mol. The summed E-state index contributed by atoms with van der Waals surface area (Å²) >= 11 is 0. The average Bonchev–Trinajstić information content (AvgIpc) is 3.44. The van der Waals surface area contributed by atoms with E-state index in [9.17, 15) is 14.3 Å². The van der Waals surface area contributed by atoms with E-state index in [1.54, 1.807) is 17.0 Å². The van der Waals surface area contributed by atoms with Crippen LogP contribution in [-0.2, 0) is 11.3 Å². The Morgan fingerprint density at radius 2 is 1.78 bits per heavy atom. The highest BCUT2D eigenvalue weighted by Gasteiger charge is 2.35. The van der Waals surface area contributed by atoms with Crippen LogP contribution in [0, 0.1) is 5.82 Å². The third kappa shape index (κ3) is 4.97. The minimum atomic E-state index is -0.767. The number of ether oxygens (including phenoxy) is 1. The number of amides is 1. The monoisotopic (exact) mass is 487 g/mol. The molecule has 0 aliphatic carbocycles. The van der Waals surface area contributed by atoms with Gasteiger partial charge in [-0.1, -0.05) is 38.1 Å². The normalized spacial score (nSPS) is 16.8. The second kappa shape index (κ2) is 10.1. The van der Waals surface area contributed by atoms with Crippen LogP contribution in [-0.4, -0.2) is 39.8 Å². The molecule has 1 aromatic heterocycles. The van der Waals surface area contributed by atoms with Crippen LogP contribution in [0.25, 0.3) is 11.0 Å². The fraction of sp³-hybridized carbons (Fsp3) is 0.310. The third-order valence-corrected chi connectivity index (χ3v) is 6.70. The lowest BCUT2D eigenvalue weighted by Gasteiger charge is -2.19. The zero-order valence-electron chi connectivity index (χ0n) is 20.5. The largest absolute Gasteiger partial charge is 0.491 e. The summed E-state index contributed by atoms with van der Waals surface area (Å²) in [6.07, 6.45) is -0.466. The van der Waals surface area contributed by atoms with Gasteiger partial charge in [0.1, 0.15) is 30.1 Å². The van der Waals surface area contributed by atoms with Crippen molar-refractivity contribution in [2.24, 2.45) is 0 Å². The molecular formula is C29H30FN3O3. The molecule has 0 spiro atoms. The summed E-state index contributed by atoms with van der Waals surface area (Å²) in [5, 5.41) is 10.9. The second-order valence-corrected chi connectivity index (χ2v) is 9.64. The van der Waals surface area contributed by atoms with E-state index < -0.39 is 6.10 Å². The Morgan fingerprint density at radius 3 is 2.50 bits per heavy atom. The lowest BCUT2D eigenvalue weighted by Crippen LogP contribution is -2.26. The van der Waals surface area contributed by atoms with Crippen molar-refractivity contribution in [3.05, 3.63) is 90.0 Å². The molecule has 36 heavy (non-hydrogen) atoms. The Labute approximate surface area is 210 Å². The molecule has 2 atom stereocenters. The first-order valence-electron chi connectivity index (χ1n) is 12.3. The first kappa shape index (κ1) is 24.0. The van der Waals surface area contributed by atoms with Crippen molar-refractivity contribution in [1.82, 2.24) is 9.55 Å². The van der Waals surface area contributed by atoms with Crippen molar-refractivity contribution in [3.63, 3.8) is 0 Å². The molecule has 1 aliphatic rings. The van der Waals surface area contributed by atoms with Gasteiger partial charge in [0.2, 0.25) is 5.91 Å². The first-order valence-corrected chi connectivity index (χ1v) is 12.3. The molecule has 186 valence electrons. The fourth-order valence-corrected chi connectivity index (χ4v) is 4.75. The van der Waals surface area contributed by atoms with Crippen LogP contribution >= 0.6 is 0 Å². The van der Waals surface area contributed by atoms with Crippen molar-refractivity contribution in [2.75, 3.05) is 18.1 Å². The zero-order valence-corrected chi connectivity index (χ0v) is 20.5. The van der Waals surface area contributed by atoms with Crippen LogP contribution in [0.3, 0.4) is 0 Å². The minimum Gasteiger partial charge on any atom is -0.491 e. The summed E-state index contributed by atoms with van der Waals surface area (Å²) in [6.45, 7) is 5.16. The molecule has 6 nitrogen and oxygen atoms in total. The number of halogens is 1. The van der Waals surface area contributed by atoms with E-state index in [4.69, 9.17) is 9.72 Å². The number of fused-ring (bicyclic) bond motifs is 1. The molecule has 1 N–H and O–H groups in total. The maximum absolute atomic E-state index is 13.4. The van der Waals surface area contributed by atoms with Gasteiger partial charge >= 0.3 is 0 Å². The molecule has 2 heterocycles. The summed E-state index contributed by atoms with van der Waals surface area (Å²) in [5.41, 5.74) is 3.62. The second-order valence-electron chi connectivity index (χ2n) is 9.64. The maximum Gasteiger partial charge on any atom is 0.227 e. The summed E-state index contributed by atoms with van der Waals surface area (Å²) in [5.74, 6) is 1.40. The number of carbonyl (C=O) groups excluding carboxylic acids is 1. The Balaban J connectivity index is 1.34. The third-order valence-electron chi connectivity index (χ3n) is 6.70. The number of hydrogen-bond donors (Lipinski definition) is 1. The number of aromatic nitrogens is 2. The SMILES string of the molecule is CC(C)c1ccc(OCC(O)Cn2c(C3CC(=O)N(c4ccc(F)cc4)C3)nc3ccccc32)cc1. The van der Waals surface area contributed by atoms with Crippen molar-refractivity contribution in [3.8, 4) is 5.75 Å². The van der Waals surface area contributed by atoms with Gasteiger partial charge in [0.25, 0.3) is 0 Å². The van der Waals surface area contributed by atoms with E-state index in [0.717, 1.165) is 16.9 Å². The topological polar surface area (TPSA) is 67.6 Å². The van der Waals surface area contributed by atoms with Gasteiger partial charge in [0.15, 0.2) is 0 Å². The minimum absolute atomic E-state index is 0.0288. The molecule has 0 bridgehead atoms. The first-order chi connectivity index (χ1) is 17.4. The molecule has 1 saturated heterocycles. The van der Waals surface area contributed by atoms with E-state index in [2.05, 4.69) is 13.8 Å². The van der Waals surface area contributed by atoms with Gasteiger partial charge in [0.05, 0.1) is 17.6 Å². The number of nitrogens with zero attached hydrogens (tertiary/aromatic N) is 3. The van der Waals surface area contributed by atoms with Crippen LogP contribution in [0.4, 0.5) is 10.1 Å². The van der Waals surface area contributed by atoms with E-state index in [1.807, 2.05) is 53.1 Å². The highest BCUT2D eigenvalue weighted by molar-refractivity contribution is 5.96. The molecule has 0 radical (unpaired) electrons. The average molecular weight is 488 g/mol. The zero-order chi connectivity index (χ0) is 25.2. The van der Waals surface area contributed by atoms with Crippen LogP contribution in [0.2, 0.25) is 0 Å².